The van der Waals surface area contributed by atoms with Gasteiger partial charge in [-0.1, -0.05) is 41.9 Å². The van der Waals surface area contributed by atoms with Crippen LogP contribution < -0.4 is 10.6 Å². The average Bonchev–Trinajstić information content (AvgIpc) is 2.47. The monoisotopic (exact) mass is 352 g/mol. The highest BCUT2D eigenvalue weighted by Crippen LogP contribution is 2.25. The summed E-state index contributed by atoms with van der Waals surface area (Å²) in [5.74, 6) is -0.0556. The third-order valence-corrected chi connectivity index (χ3v) is 3.92. The van der Waals surface area contributed by atoms with E-state index < -0.39 is 0 Å². The van der Waals surface area contributed by atoms with Crippen molar-refractivity contribution in [3.8, 4) is 0 Å². The van der Waals surface area contributed by atoms with E-state index in [1.54, 1.807) is 6.07 Å². The molecule has 0 aliphatic carbocycles. The van der Waals surface area contributed by atoms with Crippen LogP contribution in [0.4, 0.5) is 5.69 Å². The van der Waals surface area contributed by atoms with Gasteiger partial charge in [-0.3, -0.25) is 4.79 Å². The third kappa shape index (κ3) is 4.54. The lowest BCUT2D eigenvalue weighted by atomic mass is 10.2. The third-order valence-electron chi connectivity index (χ3n) is 2.71. The number of benzene rings is 2. The molecule has 5 heteroatoms. The van der Waals surface area contributed by atoms with Crippen molar-refractivity contribution in [3.63, 3.8) is 0 Å². The Morgan fingerprint density at radius 3 is 2.60 bits per heavy atom. The molecular weight excluding hydrogens is 340 g/mol. The molecule has 20 heavy (non-hydrogen) atoms. The van der Waals surface area contributed by atoms with Crippen LogP contribution in [0.15, 0.2) is 53.0 Å². The highest BCUT2D eigenvalue weighted by atomic mass is 79.9. The Hall–Kier alpha value is -1.52. The molecule has 2 rings (SSSR count). The van der Waals surface area contributed by atoms with Crippen LogP contribution >= 0.6 is 27.5 Å². The maximum absolute atomic E-state index is 11.7. The first kappa shape index (κ1) is 14.9. The van der Waals surface area contributed by atoms with E-state index in [1.807, 2.05) is 42.5 Å². The zero-order valence-electron chi connectivity index (χ0n) is 10.7. The summed E-state index contributed by atoms with van der Waals surface area (Å²) in [4.78, 5) is 11.7. The summed E-state index contributed by atoms with van der Waals surface area (Å²) in [7, 11) is 0. The van der Waals surface area contributed by atoms with Crippen molar-refractivity contribution in [2.24, 2.45) is 0 Å². The van der Waals surface area contributed by atoms with Crippen molar-refractivity contribution in [1.82, 2.24) is 5.32 Å². The van der Waals surface area contributed by atoms with Crippen LogP contribution in [-0.4, -0.2) is 12.5 Å². The van der Waals surface area contributed by atoms with Gasteiger partial charge in [-0.25, -0.2) is 0 Å². The number of amides is 1. The maximum Gasteiger partial charge on any atom is 0.239 e. The summed E-state index contributed by atoms with van der Waals surface area (Å²) in [6, 6.07) is 15.2. The molecule has 1 amide bonds. The lowest BCUT2D eigenvalue weighted by Gasteiger charge is -2.08. The van der Waals surface area contributed by atoms with Crippen molar-refractivity contribution in [3.05, 3.63) is 63.6 Å². The predicted molar refractivity (Wildman–Crippen MR) is 85.9 cm³/mol. The number of halogens is 2. The number of hydrogen-bond acceptors (Lipinski definition) is 2. The fourth-order valence-electron chi connectivity index (χ4n) is 1.65. The van der Waals surface area contributed by atoms with Gasteiger partial charge in [-0.2, -0.15) is 0 Å². The zero-order chi connectivity index (χ0) is 14.4. The van der Waals surface area contributed by atoms with Crippen molar-refractivity contribution >= 4 is 39.1 Å². The van der Waals surface area contributed by atoms with Crippen molar-refractivity contribution in [1.29, 1.82) is 0 Å². The lowest BCUT2D eigenvalue weighted by Crippen LogP contribution is -2.29. The molecule has 3 nitrogen and oxygen atoms in total. The van der Waals surface area contributed by atoms with Crippen LogP contribution in [0, 0.1) is 0 Å². The average molecular weight is 354 g/mol. The number of rotatable bonds is 5. The van der Waals surface area contributed by atoms with Gasteiger partial charge in [0.2, 0.25) is 5.91 Å². The molecule has 0 atom stereocenters. The van der Waals surface area contributed by atoms with E-state index >= 15 is 0 Å². The van der Waals surface area contributed by atoms with Gasteiger partial charge in [0, 0.05) is 16.7 Å². The van der Waals surface area contributed by atoms with Gasteiger partial charge in [0.05, 0.1) is 11.6 Å². The molecule has 2 aromatic rings. The van der Waals surface area contributed by atoms with E-state index in [2.05, 4.69) is 26.6 Å². The van der Waals surface area contributed by atoms with Crippen LogP contribution in [0.25, 0.3) is 0 Å². The molecule has 0 aliphatic heterocycles. The molecule has 0 saturated heterocycles. The van der Waals surface area contributed by atoms with E-state index in [1.165, 1.54) is 0 Å². The zero-order valence-corrected chi connectivity index (χ0v) is 13.0. The molecule has 2 aromatic carbocycles. The Labute approximate surface area is 131 Å². The number of hydrogen-bond donors (Lipinski definition) is 2. The van der Waals surface area contributed by atoms with E-state index in [0.717, 1.165) is 15.7 Å². The molecule has 0 unspecified atom stereocenters. The smallest absolute Gasteiger partial charge is 0.239 e. The molecule has 104 valence electrons. The van der Waals surface area contributed by atoms with E-state index in [-0.39, 0.29) is 12.5 Å². The predicted octanol–water partition coefficient (Wildman–Crippen LogP) is 3.83. The summed E-state index contributed by atoms with van der Waals surface area (Å²) in [5, 5.41) is 6.55. The number of nitrogens with one attached hydrogen (secondary N) is 2. The normalized spacial score (nSPS) is 10.1. The minimum Gasteiger partial charge on any atom is -0.376 e. The van der Waals surface area contributed by atoms with Crippen LogP contribution in [-0.2, 0) is 11.3 Å². The molecular formula is C15H14BrClN2O. The molecule has 0 radical (unpaired) electrons. The van der Waals surface area contributed by atoms with Gasteiger partial charge in [-0.15, -0.1) is 0 Å². The Balaban J connectivity index is 1.79. The Kier molecular flexibility index (Phi) is 5.44. The molecule has 2 N–H and O–H groups in total. The summed E-state index contributed by atoms with van der Waals surface area (Å²) < 4.78 is 0.800. The van der Waals surface area contributed by atoms with Crippen molar-refractivity contribution < 1.29 is 4.79 Å². The Morgan fingerprint density at radius 1 is 1.15 bits per heavy atom. The van der Waals surface area contributed by atoms with Gasteiger partial charge in [0.1, 0.15) is 0 Å². The Bertz CT molecular complexity index is 590. The molecule has 0 saturated carbocycles. The first-order valence-electron chi connectivity index (χ1n) is 6.15. The second-order valence-corrected chi connectivity index (χ2v) is 5.51. The molecule has 0 aliphatic rings. The van der Waals surface area contributed by atoms with Crippen molar-refractivity contribution in [2.45, 2.75) is 6.54 Å². The Morgan fingerprint density at radius 2 is 1.90 bits per heavy atom. The highest BCUT2D eigenvalue weighted by Gasteiger charge is 2.03. The number of carbonyl (C=O) groups excluding carboxylic acids is 1. The van der Waals surface area contributed by atoms with Crippen LogP contribution in [0.3, 0.4) is 0 Å². The topological polar surface area (TPSA) is 41.1 Å². The molecule has 0 fully saturated rings. The number of anilines is 1. The van der Waals surface area contributed by atoms with Gasteiger partial charge < -0.3 is 10.6 Å². The maximum atomic E-state index is 11.7. The van der Waals surface area contributed by atoms with E-state index in [0.29, 0.717) is 11.6 Å². The lowest BCUT2D eigenvalue weighted by molar-refractivity contribution is -0.119. The van der Waals surface area contributed by atoms with E-state index in [9.17, 15) is 4.79 Å². The summed E-state index contributed by atoms with van der Waals surface area (Å²) >= 11 is 9.25. The van der Waals surface area contributed by atoms with Gasteiger partial charge in [0.15, 0.2) is 0 Å². The number of carbonyl (C=O) groups is 1. The first-order valence-corrected chi connectivity index (χ1v) is 7.32. The minimum absolute atomic E-state index is 0.0556. The molecule has 0 aromatic heterocycles. The first-order chi connectivity index (χ1) is 9.65. The molecule has 0 heterocycles. The van der Waals surface area contributed by atoms with Crippen molar-refractivity contribution in [2.75, 3.05) is 11.9 Å². The van der Waals surface area contributed by atoms with Gasteiger partial charge in [-0.05, 0) is 39.7 Å². The van der Waals surface area contributed by atoms with Crippen LogP contribution in [0.2, 0.25) is 5.02 Å². The van der Waals surface area contributed by atoms with Crippen LogP contribution in [0.5, 0.6) is 0 Å². The standard InChI is InChI=1S/C15H14BrClN2O/c16-13-8-12(6-7-14(13)17)18-10-15(20)19-9-11-4-2-1-3-5-11/h1-8,18H,9-10H2,(H,19,20). The largest absolute Gasteiger partial charge is 0.376 e. The minimum atomic E-state index is -0.0556. The van der Waals surface area contributed by atoms with Gasteiger partial charge >= 0.3 is 0 Å². The summed E-state index contributed by atoms with van der Waals surface area (Å²) in [6.07, 6.45) is 0. The fraction of sp³-hybridized carbons (Fsp3) is 0.133. The fourth-order valence-corrected chi connectivity index (χ4v) is 2.14. The second-order valence-electron chi connectivity index (χ2n) is 4.24. The van der Waals surface area contributed by atoms with E-state index in [4.69, 9.17) is 11.6 Å². The quantitative estimate of drug-likeness (QED) is 0.857. The summed E-state index contributed by atoms with van der Waals surface area (Å²) in [5.41, 5.74) is 1.92. The highest BCUT2D eigenvalue weighted by molar-refractivity contribution is 9.10. The summed E-state index contributed by atoms with van der Waals surface area (Å²) in [6.45, 7) is 0.757. The second kappa shape index (κ2) is 7.31. The van der Waals surface area contributed by atoms with Gasteiger partial charge in [0.25, 0.3) is 0 Å². The SMILES string of the molecule is O=C(CNc1ccc(Cl)c(Br)c1)NCc1ccccc1. The molecule has 0 spiro atoms. The molecule has 0 bridgehead atoms. The van der Waals surface area contributed by atoms with Crippen LogP contribution in [0.1, 0.15) is 5.56 Å².